The van der Waals surface area contributed by atoms with Crippen molar-refractivity contribution in [2.75, 3.05) is 13.1 Å². The van der Waals surface area contributed by atoms with Gasteiger partial charge in [0.05, 0.1) is 0 Å². The van der Waals surface area contributed by atoms with Crippen LogP contribution >= 0.6 is 11.3 Å². The molecule has 2 aliphatic carbocycles. The van der Waals surface area contributed by atoms with Crippen LogP contribution in [-0.2, 0) is 16.4 Å². The zero-order valence-electron chi connectivity index (χ0n) is 10.9. The Morgan fingerprint density at radius 2 is 2.11 bits per heavy atom. The molecule has 1 aromatic heterocycles. The first-order chi connectivity index (χ1) is 9.06. The topological polar surface area (TPSA) is 72.2 Å². The van der Waals surface area contributed by atoms with Gasteiger partial charge in [0.1, 0.15) is 4.21 Å². The number of hydrogen-bond donors (Lipinski definition) is 2. The molecular formula is C13H20N2O2S2. The molecule has 3 N–H and O–H groups in total. The van der Waals surface area contributed by atoms with E-state index in [1.165, 1.54) is 37.0 Å². The number of hydrogen-bond acceptors (Lipinski definition) is 4. The summed E-state index contributed by atoms with van der Waals surface area (Å²) in [7, 11) is -3.33. The van der Waals surface area contributed by atoms with E-state index in [9.17, 15) is 8.42 Å². The third-order valence-corrected chi connectivity index (χ3v) is 7.28. The lowest BCUT2D eigenvalue weighted by Crippen LogP contribution is -2.30. The molecule has 0 amide bonds. The van der Waals surface area contributed by atoms with Crippen LogP contribution in [0.5, 0.6) is 0 Å². The fraction of sp³-hybridized carbons (Fsp3) is 0.692. The highest BCUT2D eigenvalue weighted by atomic mass is 32.2. The minimum atomic E-state index is -3.33. The van der Waals surface area contributed by atoms with E-state index in [0.29, 0.717) is 22.7 Å². The number of nitrogens with two attached hydrogens (primary N) is 1. The summed E-state index contributed by atoms with van der Waals surface area (Å²) in [6, 6.07) is 3.55. The van der Waals surface area contributed by atoms with Crippen molar-refractivity contribution in [3.63, 3.8) is 0 Å². The first kappa shape index (κ1) is 13.5. The van der Waals surface area contributed by atoms with Gasteiger partial charge in [-0.15, -0.1) is 11.3 Å². The second-order valence-corrected chi connectivity index (χ2v) is 8.88. The van der Waals surface area contributed by atoms with Gasteiger partial charge in [0.2, 0.25) is 10.0 Å². The zero-order chi connectivity index (χ0) is 13.5. The van der Waals surface area contributed by atoms with Crippen molar-refractivity contribution in [2.24, 2.45) is 17.1 Å². The van der Waals surface area contributed by atoms with E-state index in [1.54, 1.807) is 6.07 Å². The fourth-order valence-electron chi connectivity index (χ4n) is 2.67. The second kappa shape index (κ2) is 4.84. The lowest BCUT2D eigenvalue weighted by atomic mass is 10.0. The van der Waals surface area contributed by atoms with Crippen molar-refractivity contribution in [1.29, 1.82) is 0 Å². The molecule has 2 fully saturated rings. The van der Waals surface area contributed by atoms with Crippen LogP contribution in [0.15, 0.2) is 16.3 Å². The molecule has 0 aliphatic heterocycles. The average Bonchev–Trinajstić information content (AvgIpc) is 3.26. The van der Waals surface area contributed by atoms with E-state index < -0.39 is 10.0 Å². The number of thiophene rings is 1. The molecule has 0 unspecified atom stereocenters. The van der Waals surface area contributed by atoms with Crippen molar-refractivity contribution >= 4 is 21.4 Å². The van der Waals surface area contributed by atoms with Gasteiger partial charge in [-0.3, -0.25) is 0 Å². The maximum absolute atomic E-state index is 12.2. The van der Waals surface area contributed by atoms with Crippen molar-refractivity contribution in [3.05, 3.63) is 17.0 Å². The molecule has 1 aromatic rings. The van der Waals surface area contributed by atoms with E-state index in [-0.39, 0.29) is 0 Å². The Bertz CT molecular complexity index is 557. The highest BCUT2D eigenvalue weighted by Gasteiger charge is 2.53. The summed E-state index contributed by atoms with van der Waals surface area (Å²) >= 11 is 1.33. The highest BCUT2D eigenvalue weighted by molar-refractivity contribution is 7.91. The van der Waals surface area contributed by atoms with Crippen LogP contribution in [0.25, 0.3) is 0 Å². The van der Waals surface area contributed by atoms with E-state index in [4.69, 9.17) is 5.73 Å². The monoisotopic (exact) mass is 300 g/mol. The van der Waals surface area contributed by atoms with Gasteiger partial charge in [0, 0.05) is 11.4 Å². The Hall–Kier alpha value is -0.430. The van der Waals surface area contributed by atoms with E-state index in [1.807, 2.05) is 6.07 Å². The molecule has 0 radical (unpaired) electrons. The SMILES string of the molecule is NCCc1ccc(S(=O)(=O)NCC2(C3CC3)CC2)s1. The maximum atomic E-state index is 12.2. The van der Waals surface area contributed by atoms with Crippen LogP contribution in [0, 0.1) is 11.3 Å². The molecule has 2 aliphatic rings. The van der Waals surface area contributed by atoms with Gasteiger partial charge >= 0.3 is 0 Å². The van der Waals surface area contributed by atoms with Crippen molar-refractivity contribution in [1.82, 2.24) is 4.72 Å². The minimum Gasteiger partial charge on any atom is -0.330 e. The van der Waals surface area contributed by atoms with Crippen molar-refractivity contribution in [2.45, 2.75) is 36.3 Å². The summed E-state index contributed by atoms with van der Waals surface area (Å²) in [6.45, 7) is 1.17. The molecule has 1 heterocycles. The van der Waals surface area contributed by atoms with Gasteiger partial charge < -0.3 is 5.73 Å². The number of nitrogens with one attached hydrogen (secondary N) is 1. The molecular weight excluding hydrogens is 280 g/mol. The molecule has 0 spiro atoms. The third kappa shape index (κ3) is 2.86. The van der Waals surface area contributed by atoms with Gasteiger partial charge in [-0.2, -0.15) is 0 Å². The molecule has 3 rings (SSSR count). The lowest BCUT2D eigenvalue weighted by molar-refractivity contribution is 0.432. The van der Waals surface area contributed by atoms with Gasteiger partial charge in [0.15, 0.2) is 0 Å². The van der Waals surface area contributed by atoms with E-state index in [2.05, 4.69) is 4.72 Å². The Morgan fingerprint density at radius 1 is 1.37 bits per heavy atom. The zero-order valence-corrected chi connectivity index (χ0v) is 12.5. The Kier molecular flexibility index (Phi) is 3.45. The predicted molar refractivity (Wildman–Crippen MR) is 76.7 cm³/mol. The molecule has 2 saturated carbocycles. The van der Waals surface area contributed by atoms with Crippen LogP contribution in [0.1, 0.15) is 30.6 Å². The highest BCUT2D eigenvalue weighted by Crippen LogP contribution is 2.60. The smallest absolute Gasteiger partial charge is 0.250 e. The first-order valence-electron chi connectivity index (χ1n) is 6.84. The van der Waals surface area contributed by atoms with Gasteiger partial charge in [-0.1, -0.05) is 0 Å². The Labute approximate surface area is 118 Å². The molecule has 6 heteroatoms. The van der Waals surface area contributed by atoms with Gasteiger partial charge in [-0.05, 0) is 62.1 Å². The molecule has 19 heavy (non-hydrogen) atoms. The summed E-state index contributed by atoms with van der Waals surface area (Å²) < 4.78 is 27.7. The van der Waals surface area contributed by atoms with Crippen LogP contribution in [0.4, 0.5) is 0 Å². The van der Waals surface area contributed by atoms with Crippen LogP contribution in [-0.4, -0.2) is 21.5 Å². The van der Waals surface area contributed by atoms with Crippen LogP contribution in [0.3, 0.4) is 0 Å². The predicted octanol–water partition coefficient (Wildman–Crippen LogP) is 1.72. The standard InChI is InChI=1S/C13H20N2O2S2/c14-8-5-11-3-4-12(18-11)19(16,17)15-9-13(6-7-13)10-1-2-10/h3-4,10,15H,1-2,5-9,14H2. The summed E-state index contributed by atoms with van der Waals surface area (Å²) in [5.74, 6) is 0.770. The lowest BCUT2D eigenvalue weighted by Gasteiger charge is -2.14. The fourth-order valence-corrected chi connectivity index (χ4v) is 5.23. The molecule has 0 atom stereocenters. The average molecular weight is 300 g/mol. The first-order valence-corrected chi connectivity index (χ1v) is 9.14. The van der Waals surface area contributed by atoms with Gasteiger partial charge in [0.25, 0.3) is 0 Å². The number of sulfonamides is 1. The van der Waals surface area contributed by atoms with Crippen molar-refractivity contribution < 1.29 is 8.42 Å². The summed E-state index contributed by atoms with van der Waals surface area (Å²) in [5, 5.41) is 0. The van der Waals surface area contributed by atoms with Crippen LogP contribution in [0.2, 0.25) is 0 Å². The molecule has 0 aromatic carbocycles. The van der Waals surface area contributed by atoms with Crippen molar-refractivity contribution in [3.8, 4) is 0 Å². The summed E-state index contributed by atoms with van der Waals surface area (Å²) in [6.07, 6.45) is 5.67. The third-order valence-electron chi connectivity index (χ3n) is 4.24. The largest absolute Gasteiger partial charge is 0.330 e. The maximum Gasteiger partial charge on any atom is 0.250 e. The van der Waals surface area contributed by atoms with Gasteiger partial charge in [-0.25, -0.2) is 13.1 Å². The molecule has 0 bridgehead atoms. The van der Waals surface area contributed by atoms with E-state index >= 15 is 0 Å². The summed E-state index contributed by atoms with van der Waals surface area (Å²) in [5.41, 5.74) is 5.78. The van der Waals surface area contributed by atoms with E-state index in [0.717, 1.165) is 17.2 Å². The normalized spacial score (nSPS) is 21.5. The summed E-state index contributed by atoms with van der Waals surface area (Å²) in [4.78, 5) is 1.03. The second-order valence-electron chi connectivity index (χ2n) is 5.72. The molecule has 106 valence electrons. The molecule has 0 saturated heterocycles. The van der Waals surface area contributed by atoms with Crippen LogP contribution < -0.4 is 10.5 Å². The Morgan fingerprint density at radius 3 is 2.68 bits per heavy atom. The molecule has 4 nitrogen and oxygen atoms in total. The Balaban J connectivity index is 1.64. The minimum absolute atomic E-state index is 0.296. The number of rotatable bonds is 7. The quantitative estimate of drug-likeness (QED) is 0.805.